The number of anilines is 3. The Kier molecular flexibility index (Phi) is 4.83. The molecule has 0 fully saturated rings. The topological polar surface area (TPSA) is 85.0 Å². The molecule has 0 saturated carbocycles. The quantitative estimate of drug-likeness (QED) is 0.624. The molecule has 4 N–H and O–H groups in total. The molecule has 0 aliphatic rings. The summed E-state index contributed by atoms with van der Waals surface area (Å²) in [6, 6.07) is 11.9. The molecule has 128 valence electrons. The highest BCUT2D eigenvalue weighted by atomic mass is 35.5. The lowest BCUT2D eigenvalue weighted by atomic mass is 10.1. The van der Waals surface area contributed by atoms with E-state index in [2.05, 4.69) is 15.6 Å². The zero-order valence-corrected chi connectivity index (χ0v) is 14.8. The minimum atomic E-state index is -0.389. The predicted molar refractivity (Wildman–Crippen MR) is 102 cm³/mol. The Labute approximate surface area is 154 Å². The molecule has 0 aliphatic heterocycles. The van der Waals surface area contributed by atoms with Crippen molar-refractivity contribution in [3.8, 4) is 11.3 Å². The van der Waals surface area contributed by atoms with E-state index in [1.807, 2.05) is 25.2 Å². The van der Waals surface area contributed by atoms with Crippen LogP contribution in [0.5, 0.6) is 0 Å². The van der Waals surface area contributed by atoms with Gasteiger partial charge in [-0.15, -0.1) is 0 Å². The molecule has 0 spiro atoms. The second kappa shape index (κ2) is 7.04. The Morgan fingerprint density at radius 2 is 1.80 bits per heavy atom. The van der Waals surface area contributed by atoms with Crippen LogP contribution in [0.15, 0.2) is 48.7 Å². The van der Waals surface area contributed by atoms with Crippen molar-refractivity contribution in [1.29, 1.82) is 0 Å². The third-order valence-corrected chi connectivity index (χ3v) is 4.36. The van der Waals surface area contributed by atoms with Gasteiger partial charge in [-0.3, -0.25) is 0 Å². The van der Waals surface area contributed by atoms with Crippen LogP contribution in [0.25, 0.3) is 11.3 Å². The molecule has 8 heteroatoms. The molecule has 0 saturated heterocycles. The number of carbonyl (C=O) groups excluding carboxylic acids is 1. The van der Waals surface area contributed by atoms with Gasteiger partial charge in [-0.25, -0.2) is 9.78 Å². The van der Waals surface area contributed by atoms with Gasteiger partial charge in [0.1, 0.15) is 0 Å². The Morgan fingerprint density at radius 1 is 1.08 bits per heavy atom. The van der Waals surface area contributed by atoms with Gasteiger partial charge >= 0.3 is 6.03 Å². The zero-order chi connectivity index (χ0) is 18.0. The summed E-state index contributed by atoms with van der Waals surface area (Å²) in [5.74, 6) is 0.422. The molecule has 6 nitrogen and oxygen atoms in total. The minimum absolute atomic E-state index is 0.371. The molecule has 1 aromatic heterocycles. The van der Waals surface area contributed by atoms with Gasteiger partial charge in [0.25, 0.3) is 0 Å². The highest BCUT2D eigenvalue weighted by Crippen LogP contribution is 2.26. The first-order chi connectivity index (χ1) is 11.9. The van der Waals surface area contributed by atoms with E-state index < -0.39 is 0 Å². The number of hydrogen-bond acceptors (Lipinski definition) is 3. The average Bonchev–Trinajstić information content (AvgIpc) is 2.90. The Hall–Kier alpha value is -2.70. The Morgan fingerprint density at radius 3 is 2.44 bits per heavy atom. The van der Waals surface area contributed by atoms with E-state index in [1.165, 1.54) is 0 Å². The van der Waals surface area contributed by atoms with E-state index in [4.69, 9.17) is 28.9 Å². The van der Waals surface area contributed by atoms with Crippen LogP contribution in [0.3, 0.4) is 0 Å². The second-order valence-electron chi connectivity index (χ2n) is 5.35. The number of hydrogen-bond donors (Lipinski definition) is 3. The van der Waals surface area contributed by atoms with Crippen molar-refractivity contribution >= 4 is 46.6 Å². The fourth-order valence-electron chi connectivity index (χ4n) is 2.32. The fourth-order valence-corrected chi connectivity index (χ4v) is 2.61. The first-order valence-electron chi connectivity index (χ1n) is 7.35. The van der Waals surface area contributed by atoms with Gasteiger partial charge in [-0.1, -0.05) is 35.3 Å². The molecule has 0 atom stereocenters. The van der Waals surface area contributed by atoms with Crippen LogP contribution in [-0.2, 0) is 7.05 Å². The van der Waals surface area contributed by atoms with E-state index >= 15 is 0 Å². The number of amides is 2. The zero-order valence-electron chi connectivity index (χ0n) is 13.3. The van der Waals surface area contributed by atoms with Crippen LogP contribution in [0.2, 0.25) is 10.0 Å². The van der Waals surface area contributed by atoms with Crippen LogP contribution in [0.1, 0.15) is 0 Å². The number of aromatic nitrogens is 2. The smallest absolute Gasteiger partial charge is 0.323 e. The molecule has 25 heavy (non-hydrogen) atoms. The number of urea groups is 1. The van der Waals surface area contributed by atoms with Crippen molar-refractivity contribution in [2.45, 2.75) is 0 Å². The summed E-state index contributed by atoms with van der Waals surface area (Å²) < 4.78 is 1.77. The Bertz CT molecular complexity index is 939. The summed E-state index contributed by atoms with van der Waals surface area (Å²) in [5.41, 5.74) is 8.68. The third kappa shape index (κ3) is 3.87. The highest BCUT2D eigenvalue weighted by molar-refractivity contribution is 6.42. The molecule has 3 rings (SSSR count). The van der Waals surface area contributed by atoms with E-state index in [1.54, 1.807) is 35.0 Å². The summed E-state index contributed by atoms with van der Waals surface area (Å²) in [7, 11) is 1.83. The maximum Gasteiger partial charge on any atom is 0.323 e. The number of nitrogens with two attached hydrogens (primary N) is 1. The van der Waals surface area contributed by atoms with Gasteiger partial charge in [0.2, 0.25) is 0 Å². The van der Waals surface area contributed by atoms with Crippen molar-refractivity contribution in [3.05, 3.63) is 58.7 Å². The molecule has 2 amide bonds. The van der Waals surface area contributed by atoms with Crippen molar-refractivity contribution < 1.29 is 4.79 Å². The number of nitrogen functional groups attached to an aromatic ring is 1. The van der Waals surface area contributed by atoms with E-state index in [0.717, 1.165) is 11.3 Å². The molecule has 3 aromatic rings. The highest BCUT2D eigenvalue weighted by Gasteiger charge is 2.09. The second-order valence-corrected chi connectivity index (χ2v) is 6.16. The van der Waals surface area contributed by atoms with Crippen LogP contribution in [0, 0.1) is 0 Å². The monoisotopic (exact) mass is 375 g/mol. The number of nitrogens with one attached hydrogen (secondary N) is 2. The molecular weight excluding hydrogens is 361 g/mol. The summed E-state index contributed by atoms with van der Waals surface area (Å²) in [5, 5.41) is 6.27. The van der Waals surface area contributed by atoms with Gasteiger partial charge in [-0.05, 0) is 30.3 Å². The summed E-state index contributed by atoms with van der Waals surface area (Å²) in [6.45, 7) is 0. The SMILES string of the molecule is Cn1c(-c2cccc(NC(=O)Nc3ccc(Cl)c(Cl)c3)c2)cnc1N. The molecule has 0 unspecified atom stereocenters. The first-order valence-corrected chi connectivity index (χ1v) is 8.10. The lowest BCUT2D eigenvalue weighted by Crippen LogP contribution is -2.19. The first kappa shape index (κ1) is 17.1. The molecule has 0 aliphatic carbocycles. The standard InChI is InChI=1S/C17H15Cl2N5O/c1-24-15(9-21-16(24)20)10-3-2-4-11(7-10)22-17(25)23-12-5-6-13(18)14(19)8-12/h2-9H,1H3,(H2,20,21)(H2,22,23,25). The minimum Gasteiger partial charge on any atom is -0.369 e. The van der Waals surface area contributed by atoms with Crippen molar-refractivity contribution in [1.82, 2.24) is 9.55 Å². The van der Waals surface area contributed by atoms with Gasteiger partial charge in [0, 0.05) is 24.0 Å². The third-order valence-electron chi connectivity index (χ3n) is 3.62. The number of nitrogens with zero attached hydrogens (tertiary/aromatic N) is 2. The summed E-state index contributed by atoms with van der Waals surface area (Å²) in [6.07, 6.45) is 1.68. The largest absolute Gasteiger partial charge is 0.369 e. The molecule has 1 heterocycles. The van der Waals surface area contributed by atoms with Gasteiger partial charge in [0.05, 0.1) is 21.9 Å². The maximum atomic E-state index is 12.2. The Balaban J connectivity index is 1.74. The average molecular weight is 376 g/mol. The summed E-state index contributed by atoms with van der Waals surface area (Å²) in [4.78, 5) is 16.2. The fraction of sp³-hybridized carbons (Fsp3) is 0.0588. The van der Waals surface area contributed by atoms with Crippen LogP contribution >= 0.6 is 23.2 Å². The number of rotatable bonds is 3. The molecule has 0 radical (unpaired) electrons. The summed E-state index contributed by atoms with van der Waals surface area (Å²) >= 11 is 11.8. The van der Waals surface area contributed by atoms with Crippen molar-refractivity contribution in [2.75, 3.05) is 16.4 Å². The molecular formula is C17H15Cl2N5O. The number of imidazole rings is 1. The van der Waals surface area contributed by atoms with E-state index in [9.17, 15) is 4.79 Å². The molecule has 0 bridgehead atoms. The van der Waals surface area contributed by atoms with Crippen LogP contribution < -0.4 is 16.4 Å². The van der Waals surface area contributed by atoms with Gasteiger partial charge in [0.15, 0.2) is 5.95 Å². The maximum absolute atomic E-state index is 12.2. The van der Waals surface area contributed by atoms with Gasteiger partial charge in [-0.2, -0.15) is 0 Å². The lowest BCUT2D eigenvalue weighted by Gasteiger charge is -2.10. The van der Waals surface area contributed by atoms with E-state index in [0.29, 0.717) is 27.4 Å². The van der Waals surface area contributed by atoms with Crippen molar-refractivity contribution in [3.63, 3.8) is 0 Å². The number of benzene rings is 2. The number of carbonyl (C=O) groups is 1. The lowest BCUT2D eigenvalue weighted by molar-refractivity contribution is 0.262. The normalized spacial score (nSPS) is 10.5. The van der Waals surface area contributed by atoms with Crippen LogP contribution in [-0.4, -0.2) is 15.6 Å². The number of halogens is 2. The molecule has 2 aromatic carbocycles. The van der Waals surface area contributed by atoms with Crippen LogP contribution in [0.4, 0.5) is 22.1 Å². The van der Waals surface area contributed by atoms with Gasteiger partial charge < -0.3 is 20.9 Å². The predicted octanol–water partition coefficient (Wildman–Crippen LogP) is 4.62. The van der Waals surface area contributed by atoms with Crippen molar-refractivity contribution in [2.24, 2.45) is 7.05 Å². The van der Waals surface area contributed by atoms with E-state index in [-0.39, 0.29) is 6.03 Å².